The summed E-state index contributed by atoms with van der Waals surface area (Å²) in [4.78, 5) is -0.0348. The van der Waals surface area contributed by atoms with E-state index in [4.69, 9.17) is 29.6 Å². The monoisotopic (exact) mass is 344 g/mol. The molecule has 4 nitrogen and oxygen atoms in total. The van der Waals surface area contributed by atoms with E-state index in [-0.39, 0.29) is 20.6 Å². The number of nitrogens with one attached hydrogen (secondary N) is 1. The van der Waals surface area contributed by atoms with Gasteiger partial charge < -0.3 is 5.73 Å². The van der Waals surface area contributed by atoms with Crippen molar-refractivity contribution >= 4 is 44.5 Å². The van der Waals surface area contributed by atoms with Gasteiger partial charge in [0.05, 0.1) is 10.7 Å². The van der Waals surface area contributed by atoms with Crippen molar-refractivity contribution in [3.05, 3.63) is 58.9 Å². The Morgan fingerprint density at radius 1 is 1.24 bits per heavy atom. The van der Waals surface area contributed by atoms with Gasteiger partial charge >= 0.3 is 0 Å². The van der Waals surface area contributed by atoms with Crippen LogP contribution < -0.4 is 10.5 Å². The molecule has 0 bridgehead atoms. The second kappa shape index (κ2) is 5.97. The lowest BCUT2D eigenvalue weighted by molar-refractivity contribution is 0.601. The molecule has 0 atom stereocenters. The van der Waals surface area contributed by atoms with Crippen LogP contribution in [0.1, 0.15) is 5.56 Å². The van der Waals surface area contributed by atoms with E-state index in [9.17, 15) is 12.8 Å². The van der Waals surface area contributed by atoms with Crippen molar-refractivity contribution in [1.29, 1.82) is 0 Å². The number of thiocarbonyl (C=S) groups is 1. The standard InChI is InChI=1S/C13H10ClFN2O2S2/c14-11-6-8(13(16)20)4-5-12(11)21(18,19)17-10-3-1-2-9(15)7-10/h1-7,17H,(H2,16,20). The lowest BCUT2D eigenvalue weighted by atomic mass is 10.2. The van der Waals surface area contributed by atoms with Gasteiger partial charge in [0, 0.05) is 5.56 Å². The molecule has 0 aliphatic carbocycles. The molecule has 110 valence electrons. The second-order valence-corrected chi connectivity index (χ2v) is 6.62. The summed E-state index contributed by atoms with van der Waals surface area (Å²) in [5.74, 6) is -0.551. The Hall–Kier alpha value is -1.70. The third kappa shape index (κ3) is 3.69. The van der Waals surface area contributed by atoms with Crippen LogP contribution in [0, 0.1) is 5.82 Å². The molecule has 0 spiro atoms. The number of anilines is 1. The first-order chi connectivity index (χ1) is 9.79. The SMILES string of the molecule is NC(=S)c1ccc(S(=O)(=O)Nc2cccc(F)c2)c(Cl)c1. The first-order valence-electron chi connectivity index (χ1n) is 5.67. The van der Waals surface area contributed by atoms with Crippen LogP contribution in [0.4, 0.5) is 10.1 Å². The number of benzene rings is 2. The largest absolute Gasteiger partial charge is 0.389 e. The zero-order chi connectivity index (χ0) is 15.6. The molecule has 2 aromatic carbocycles. The van der Waals surface area contributed by atoms with Gasteiger partial charge in [0.1, 0.15) is 15.7 Å². The number of halogens is 2. The van der Waals surface area contributed by atoms with Gasteiger partial charge in [-0.2, -0.15) is 0 Å². The summed E-state index contributed by atoms with van der Waals surface area (Å²) < 4.78 is 39.8. The number of nitrogens with two attached hydrogens (primary N) is 1. The third-order valence-corrected chi connectivity index (χ3v) is 4.68. The molecule has 0 saturated carbocycles. The van der Waals surface area contributed by atoms with E-state index in [1.54, 1.807) is 0 Å². The summed E-state index contributed by atoms with van der Waals surface area (Å²) in [6.45, 7) is 0. The molecule has 0 unspecified atom stereocenters. The van der Waals surface area contributed by atoms with Gasteiger partial charge in [-0.05, 0) is 30.3 Å². The van der Waals surface area contributed by atoms with Gasteiger partial charge in [0.25, 0.3) is 10.0 Å². The maximum Gasteiger partial charge on any atom is 0.263 e. The van der Waals surface area contributed by atoms with Crippen LogP contribution in [-0.2, 0) is 10.0 Å². The molecule has 8 heteroatoms. The van der Waals surface area contributed by atoms with Gasteiger partial charge in [-0.15, -0.1) is 0 Å². The summed E-state index contributed by atoms with van der Waals surface area (Å²) in [6.07, 6.45) is 0. The molecule has 0 aliphatic rings. The zero-order valence-electron chi connectivity index (χ0n) is 10.5. The van der Waals surface area contributed by atoms with Crippen molar-refractivity contribution in [3.8, 4) is 0 Å². The molecule has 0 saturated heterocycles. The molecule has 0 amide bonds. The Bertz CT molecular complexity index is 810. The third-order valence-electron chi connectivity index (χ3n) is 2.58. The van der Waals surface area contributed by atoms with Gasteiger partial charge in [-0.25, -0.2) is 12.8 Å². The maximum absolute atomic E-state index is 13.1. The summed E-state index contributed by atoms with van der Waals surface area (Å²) in [6, 6.07) is 9.20. The molecular formula is C13H10ClFN2O2S2. The molecule has 2 rings (SSSR count). The average molecular weight is 345 g/mol. The molecule has 3 N–H and O–H groups in total. The Balaban J connectivity index is 2.38. The normalized spacial score (nSPS) is 11.1. The number of hydrogen-bond acceptors (Lipinski definition) is 3. The highest BCUT2D eigenvalue weighted by Crippen LogP contribution is 2.25. The lowest BCUT2D eigenvalue weighted by Gasteiger charge is -2.10. The van der Waals surface area contributed by atoms with Crippen molar-refractivity contribution in [2.75, 3.05) is 4.72 Å². The number of hydrogen-bond donors (Lipinski definition) is 2. The van der Waals surface area contributed by atoms with E-state index in [0.717, 1.165) is 6.07 Å². The van der Waals surface area contributed by atoms with Crippen LogP contribution >= 0.6 is 23.8 Å². The van der Waals surface area contributed by atoms with E-state index in [0.29, 0.717) is 5.56 Å². The smallest absolute Gasteiger partial charge is 0.263 e. The van der Waals surface area contributed by atoms with Crippen LogP contribution in [0.25, 0.3) is 0 Å². The maximum atomic E-state index is 13.1. The van der Waals surface area contributed by atoms with Crippen LogP contribution in [0.3, 0.4) is 0 Å². The second-order valence-electron chi connectivity index (χ2n) is 4.13. The molecule has 0 heterocycles. The minimum absolute atomic E-state index is 0.0239. The molecule has 21 heavy (non-hydrogen) atoms. The highest BCUT2D eigenvalue weighted by atomic mass is 35.5. The quantitative estimate of drug-likeness (QED) is 0.836. The minimum Gasteiger partial charge on any atom is -0.389 e. The van der Waals surface area contributed by atoms with Gasteiger partial charge in [-0.1, -0.05) is 36.0 Å². The predicted molar refractivity (Wildman–Crippen MR) is 84.5 cm³/mol. The minimum atomic E-state index is -3.94. The molecular weight excluding hydrogens is 335 g/mol. The molecule has 0 aliphatic heterocycles. The Kier molecular flexibility index (Phi) is 4.46. The van der Waals surface area contributed by atoms with E-state index in [1.165, 1.54) is 36.4 Å². The van der Waals surface area contributed by atoms with Crippen LogP contribution in [0.15, 0.2) is 47.4 Å². The van der Waals surface area contributed by atoms with E-state index < -0.39 is 15.8 Å². The first kappa shape index (κ1) is 15.7. The van der Waals surface area contributed by atoms with Gasteiger partial charge in [-0.3, -0.25) is 4.72 Å². The highest BCUT2D eigenvalue weighted by Gasteiger charge is 2.19. The summed E-state index contributed by atoms with van der Waals surface area (Å²) >= 11 is 10.7. The molecule has 0 radical (unpaired) electrons. The number of sulfonamides is 1. The Labute approximate surface area is 131 Å². The van der Waals surface area contributed by atoms with Crippen LogP contribution in [0.5, 0.6) is 0 Å². The summed E-state index contributed by atoms with van der Waals surface area (Å²) in [5.41, 5.74) is 6.01. The average Bonchev–Trinajstić information content (AvgIpc) is 2.37. The zero-order valence-corrected chi connectivity index (χ0v) is 12.9. The van der Waals surface area contributed by atoms with E-state index >= 15 is 0 Å². The van der Waals surface area contributed by atoms with E-state index in [1.807, 2.05) is 0 Å². The fourth-order valence-electron chi connectivity index (χ4n) is 1.63. The summed E-state index contributed by atoms with van der Waals surface area (Å²) in [7, 11) is -3.94. The first-order valence-corrected chi connectivity index (χ1v) is 7.94. The predicted octanol–water partition coefficient (Wildman–Crippen LogP) is 2.91. The fourth-order valence-corrected chi connectivity index (χ4v) is 3.36. The fraction of sp³-hybridized carbons (Fsp3) is 0. The van der Waals surface area contributed by atoms with Crippen LogP contribution in [-0.4, -0.2) is 13.4 Å². The Morgan fingerprint density at radius 2 is 1.95 bits per heavy atom. The van der Waals surface area contributed by atoms with Crippen molar-refractivity contribution in [3.63, 3.8) is 0 Å². The number of rotatable bonds is 4. The highest BCUT2D eigenvalue weighted by molar-refractivity contribution is 7.92. The molecule has 0 fully saturated rings. The molecule has 0 aromatic heterocycles. The topological polar surface area (TPSA) is 72.2 Å². The summed E-state index contributed by atoms with van der Waals surface area (Å²) in [5, 5.41) is -0.0239. The van der Waals surface area contributed by atoms with Gasteiger partial charge in [0.15, 0.2) is 0 Å². The van der Waals surface area contributed by atoms with Crippen molar-refractivity contribution in [1.82, 2.24) is 0 Å². The molecule has 2 aromatic rings. The van der Waals surface area contributed by atoms with E-state index in [2.05, 4.69) is 4.72 Å². The van der Waals surface area contributed by atoms with Crippen molar-refractivity contribution < 1.29 is 12.8 Å². The van der Waals surface area contributed by atoms with Crippen molar-refractivity contribution in [2.24, 2.45) is 5.73 Å². The Morgan fingerprint density at radius 3 is 2.52 bits per heavy atom. The van der Waals surface area contributed by atoms with Crippen molar-refractivity contribution in [2.45, 2.75) is 4.90 Å². The van der Waals surface area contributed by atoms with Crippen LogP contribution in [0.2, 0.25) is 5.02 Å². The lowest BCUT2D eigenvalue weighted by Crippen LogP contribution is -2.15. The van der Waals surface area contributed by atoms with Gasteiger partial charge in [0.2, 0.25) is 0 Å².